The Hall–Kier alpha value is -2.14. The van der Waals surface area contributed by atoms with Gasteiger partial charge in [-0.2, -0.15) is 0 Å². The lowest BCUT2D eigenvalue weighted by Gasteiger charge is -2.38. The fourth-order valence-corrected chi connectivity index (χ4v) is 3.11. The van der Waals surface area contributed by atoms with Crippen molar-refractivity contribution in [3.63, 3.8) is 0 Å². The lowest BCUT2D eigenvalue weighted by Crippen LogP contribution is -2.42. The van der Waals surface area contributed by atoms with E-state index < -0.39 is 0 Å². The fraction of sp³-hybridized carbons (Fsp3) is 0.333. The second-order valence-electron chi connectivity index (χ2n) is 6.49. The van der Waals surface area contributed by atoms with E-state index in [0.717, 1.165) is 23.4 Å². The number of hydrogen-bond donors (Lipinski definition) is 2. The molecular formula is C18H21N3OS. The normalized spacial score (nSPS) is 18.5. The van der Waals surface area contributed by atoms with Crippen LogP contribution in [0.1, 0.15) is 37.4 Å². The second-order valence-corrected chi connectivity index (χ2v) is 6.90. The SMILES string of the molecule is Cc1ccc2c(c1)OC(C)(C)CC2NC(=S)Nc1ccncc1. The van der Waals surface area contributed by atoms with Crippen molar-refractivity contribution in [2.24, 2.45) is 0 Å². The quantitative estimate of drug-likeness (QED) is 0.817. The highest BCUT2D eigenvalue weighted by atomic mass is 32.1. The topological polar surface area (TPSA) is 46.2 Å². The lowest BCUT2D eigenvalue weighted by molar-refractivity contribution is 0.0696. The van der Waals surface area contributed by atoms with Crippen LogP contribution in [0.5, 0.6) is 5.75 Å². The monoisotopic (exact) mass is 327 g/mol. The summed E-state index contributed by atoms with van der Waals surface area (Å²) >= 11 is 5.46. The van der Waals surface area contributed by atoms with E-state index in [4.69, 9.17) is 17.0 Å². The smallest absolute Gasteiger partial charge is 0.171 e. The highest BCUT2D eigenvalue weighted by Crippen LogP contribution is 2.39. The maximum atomic E-state index is 6.12. The minimum Gasteiger partial charge on any atom is -0.487 e. The predicted molar refractivity (Wildman–Crippen MR) is 96.8 cm³/mol. The predicted octanol–water partition coefficient (Wildman–Crippen LogP) is 3.98. The summed E-state index contributed by atoms with van der Waals surface area (Å²) in [4.78, 5) is 4.01. The zero-order valence-corrected chi connectivity index (χ0v) is 14.4. The molecule has 0 spiro atoms. The van der Waals surface area contributed by atoms with E-state index in [1.807, 2.05) is 12.1 Å². The maximum Gasteiger partial charge on any atom is 0.171 e. The molecule has 0 radical (unpaired) electrons. The third kappa shape index (κ3) is 3.79. The molecule has 0 saturated carbocycles. The van der Waals surface area contributed by atoms with Crippen LogP contribution in [0, 0.1) is 6.92 Å². The summed E-state index contributed by atoms with van der Waals surface area (Å²) in [5.41, 5.74) is 3.03. The van der Waals surface area contributed by atoms with Crippen LogP contribution < -0.4 is 15.4 Å². The number of rotatable bonds is 2. The third-order valence-corrected chi connectivity index (χ3v) is 4.09. The van der Waals surface area contributed by atoms with Gasteiger partial charge in [0.1, 0.15) is 11.4 Å². The number of thiocarbonyl (C=S) groups is 1. The average Bonchev–Trinajstić information content (AvgIpc) is 2.46. The Morgan fingerprint density at radius 2 is 2.00 bits per heavy atom. The van der Waals surface area contributed by atoms with Crippen LogP contribution in [-0.4, -0.2) is 15.7 Å². The van der Waals surface area contributed by atoms with Gasteiger partial charge in [0.15, 0.2) is 5.11 Å². The van der Waals surface area contributed by atoms with Gasteiger partial charge < -0.3 is 15.4 Å². The summed E-state index contributed by atoms with van der Waals surface area (Å²) in [5, 5.41) is 7.22. The van der Waals surface area contributed by atoms with Crippen LogP contribution in [0.4, 0.5) is 5.69 Å². The molecule has 23 heavy (non-hydrogen) atoms. The molecule has 0 bridgehead atoms. The van der Waals surface area contributed by atoms with Gasteiger partial charge in [0.25, 0.3) is 0 Å². The van der Waals surface area contributed by atoms with E-state index in [1.165, 1.54) is 5.56 Å². The minimum atomic E-state index is -0.231. The molecule has 3 rings (SSSR count). The first kappa shape index (κ1) is 15.7. The Morgan fingerprint density at radius 3 is 2.74 bits per heavy atom. The fourth-order valence-electron chi connectivity index (χ4n) is 2.85. The Balaban J connectivity index is 1.78. The number of ether oxygens (including phenoxy) is 1. The number of benzene rings is 1. The van der Waals surface area contributed by atoms with Crippen molar-refractivity contribution in [1.82, 2.24) is 10.3 Å². The number of fused-ring (bicyclic) bond motifs is 1. The molecule has 1 atom stereocenters. The van der Waals surface area contributed by atoms with Gasteiger partial charge in [-0.25, -0.2) is 0 Å². The van der Waals surface area contributed by atoms with Crippen molar-refractivity contribution in [1.29, 1.82) is 0 Å². The first-order valence-electron chi connectivity index (χ1n) is 7.70. The zero-order chi connectivity index (χ0) is 16.4. The van der Waals surface area contributed by atoms with Gasteiger partial charge in [-0.1, -0.05) is 12.1 Å². The molecule has 0 amide bonds. The van der Waals surface area contributed by atoms with Crippen LogP contribution in [-0.2, 0) is 0 Å². The van der Waals surface area contributed by atoms with Gasteiger partial charge in [0, 0.05) is 30.1 Å². The number of anilines is 1. The summed E-state index contributed by atoms with van der Waals surface area (Å²) in [7, 11) is 0. The van der Waals surface area contributed by atoms with Gasteiger partial charge in [0.05, 0.1) is 6.04 Å². The van der Waals surface area contributed by atoms with Crippen LogP contribution in [0.2, 0.25) is 0 Å². The second kappa shape index (κ2) is 6.16. The van der Waals surface area contributed by atoms with Gasteiger partial charge in [0.2, 0.25) is 0 Å². The maximum absolute atomic E-state index is 6.12. The largest absolute Gasteiger partial charge is 0.487 e. The molecule has 2 heterocycles. The van der Waals surface area contributed by atoms with E-state index in [1.54, 1.807) is 12.4 Å². The van der Waals surface area contributed by atoms with Crippen molar-refractivity contribution in [3.05, 3.63) is 53.9 Å². The summed E-state index contributed by atoms with van der Waals surface area (Å²) in [6.07, 6.45) is 4.32. The van der Waals surface area contributed by atoms with Gasteiger partial charge in [-0.05, 0) is 56.8 Å². The molecule has 1 aromatic heterocycles. The Bertz CT molecular complexity index is 715. The molecule has 2 N–H and O–H groups in total. The van der Waals surface area contributed by atoms with Crippen molar-refractivity contribution in [3.8, 4) is 5.75 Å². The van der Waals surface area contributed by atoms with E-state index >= 15 is 0 Å². The number of nitrogens with one attached hydrogen (secondary N) is 2. The number of pyridine rings is 1. The van der Waals surface area contributed by atoms with Gasteiger partial charge in [-0.3, -0.25) is 4.98 Å². The van der Waals surface area contributed by atoms with E-state index in [0.29, 0.717) is 5.11 Å². The molecule has 1 aromatic carbocycles. The molecule has 0 fully saturated rings. The highest BCUT2D eigenvalue weighted by molar-refractivity contribution is 7.80. The summed E-state index contributed by atoms with van der Waals surface area (Å²) in [6, 6.07) is 10.2. The summed E-state index contributed by atoms with van der Waals surface area (Å²) < 4.78 is 6.12. The van der Waals surface area contributed by atoms with Crippen molar-refractivity contribution < 1.29 is 4.74 Å². The minimum absolute atomic E-state index is 0.121. The Morgan fingerprint density at radius 1 is 1.26 bits per heavy atom. The molecule has 1 unspecified atom stereocenters. The number of nitrogens with zero attached hydrogens (tertiary/aromatic N) is 1. The molecule has 1 aliphatic heterocycles. The van der Waals surface area contributed by atoms with Crippen LogP contribution in [0.3, 0.4) is 0 Å². The number of aryl methyl sites for hydroxylation is 1. The molecule has 120 valence electrons. The van der Waals surface area contributed by atoms with Crippen molar-refractivity contribution >= 4 is 23.0 Å². The van der Waals surface area contributed by atoms with Crippen molar-refractivity contribution in [2.45, 2.75) is 38.8 Å². The molecule has 5 heteroatoms. The first-order chi connectivity index (χ1) is 10.9. The summed E-state index contributed by atoms with van der Waals surface area (Å²) in [6.45, 7) is 6.28. The molecule has 4 nitrogen and oxygen atoms in total. The van der Waals surface area contributed by atoms with Gasteiger partial charge >= 0.3 is 0 Å². The molecular weight excluding hydrogens is 306 g/mol. The zero-order valence-electron chi connectivity index (χ0n) is 13.6. The Labute approximate surface area is 142 Å². The molecule has 1 aliphatic rings. The first-order valence-corrected chi connectivity index (χ1v) is 8.11. The molecule has 2 aromatic rings. The van der Waals surface area contributed by atoms with E-state index in [2.05, 4.69) is 54.6 Å². The van der Waals surface area contributed by atoms with E-state index in [-0.39, 0.29) is 11.6 Å². The van der Waals surface area contributed by atoms with Crippen LogP contribution in [0.15, 0.2) is 42.7 Å². The Kier molecular flexibility index (Phi) is 4.22. The van der Waals surface area contributed by atoms with Gasteiger partial charge in [-0.15, -0.1) is 0 Å². The standard InChI is InChI=1S/C18H21N3OS/c1-12-4-5-14-15(11-18(2,3)22-16(14)10-12)21-17(23)20-13-6-8-19-9-7-13/h4-10,15H,11H2,1-3H3,(H2,19,20,21,23). The molecule has 0 saturated heterocycles. The molecule has 0 aliphatic carbocycles. The summed E-state index contributed by atoms with van der Waals surface area (Å²) in [5.74, 6) is 0.936. The third-order valence-electron chi connectivity index (χ3n) is 3.87. The number of aromatic nitrogens is 1. The lowest BCUT2D eigenvalue weighted by atomic mass is 9.89. The average molecular weight is 327 g/mol. The van der Waals surface area contributed by atoms with Crippen LogP contribution in [0.25, 0.3) is 0 Å². The highest BCUT2D eigenvalue weighted by Gasteiger charge is 2.34. The van der Waals surface area contributed by atoms with E-state index in [9.17, 15) is 0 Å². The van der Waals surface area contributed by atoms with Crippen LogP contribution >= 0.6 is 12.2 Å². The number of hydrogen-bond acceptors (Lipinski definition) is 3. The van der Waals surface area contributed by atoms with Crippen molar-refractivity contribution in [2.75, 3.05) is 5.32 Å².